The Labute approximate surface area is 127 Å². The van der Waals surface area contributed by atoms with Gasteiger partial charge in [0.2, 0.25) is 0 Å². The lowest BCUT2D eigenvalue weighted by Crippen LogP contribution is -2.15. The van der Waals surface area contributed by atoms with Crippen LogP contribution in [0.3, 0.4) is 0 Å². The molecule has 0 atom stereocenters. The van der Waals surface area contributed by atoms with Gasteiger partial charge in [-0.1, -0.05) is 12.1 Å². The van der Waals surface area contributed by atoms with E-state index in [4.69, 9.17) is 5.73 Å². The molecule has 0 heterocycles. The normalized spacial score (nSPS) is 11.3. The summed E-state index contributed by atoms with van der Waals surface area (Å²) in [5.41, 5.74) is 8.46. The molecule has 0 aliphatic carbocycles. The van der Waals surface area contributed by atoms with E-state index in [9.17, 15) is 8.42 Å². The molecule has 0 bridgehead atoms. The van der Waals surface area contributed by atoms with Crippen molar-refractivity contribution in [3.8, 4) is 0 Å². The predicted molar refractivity (Wildman–Crippen MR) is 85.3 cm³/mol. The molecule has 3 N–H and O–H groups in total. The van der Waals surface area contributed by atoms with E-state index in [2.05, 4.69) is 20.7 Å². The van der Waals surface area contributed by atoms with E-state index in [0.29, 0.717) is 10.2 Å². The molecule has 0 saturated carbocycles. The highest BCUT2D eigenvalue weighted by Crippen LogP contribution is 2.28. The van der Waals surface area contributed by atoms with Gasteiger partial charge in [0.1, 0.15) is 4.90 Å². The second-order valence-corrected chi connectivity index (χ2v) is 7.14. The minimum Gasteiger partial charge on any atom is -0.398 e. The number of benzene rings is 2. The first-order valence-corrected chi connectivity index (χ1v) is 8.22. The fourth-order valence-electron chi connectivity index (χ4n) is 1.82. The van der Waals surface area contributed by atoms with E-state index in [0.717, 1.165) is 11.1 Å². The maximum atomic E-state index is 12.4. The molecule has 0 saturated heterocycles. The van der Waals surface area contributed by atoms with Gasteiger partial charge in [-0.2, -0.15) is 0 Å². The second kappa shape index (κ2) is 5.46. The fourth-order valence-corrected chi connectivity index (χ4v) is 3.73. The van der Waals surface area contributed by atoms with Crippen molar-refractivity contribution >= 4 is 37.3 Å². The van der Waals surface area contributed by atoms with Gasteiger partial charge in [0, 0.05) is 4.47 Å². The molecule has 6 heteroatoms. The standard InChI is InChI=1S/C14H15BrN2O2S/c1-9-3-5-13(11(15)7-9)17-20(18,19)14-6-4-10(2)8-12(14)16/h3-8,17H,16H2,1-2H3. The van der Waals surface area contributed by atoms with Gasteiger partial charge in [0.15, 0.2) is 0 Å². The first-order chi connectivity index (χ1) is 9.29. The Bertz CT molecular complexity index is 758. The monoisotopic (exact) mass is 354 g/mol. The maximum Gasteiger partial charge on any atom is 0.263 e. The third-order valence-corrected chi connectivity index (χ3v) is 4.92. The van der Waals surface area contributed by atoms with Gasteiger partial charge < -0.3 is 5.73 Å². The highest BCUT2D eigenvalue weighted by molar-refractivity contribution is 9.10. The van der Waals surface area contributed by atoms with Crippen molar-refractivity contribution in [3.05, 3.63) is 52.0 Å². The van der Waals surface area contributed by atoms with E-state index in [1.165, 1.54) is 6.07 Å². The van der Waals surface area contributed by atoms with E-state index >= 15 is 0 Å². The molecule has 0 unspecified atom stereocenters. The molecule has 0 aromatic heterocycles. The van der Waals surface area contributed by atoms with Crippen LogP contribution >= 0.6 is 15.9 Å². The van der Waals surface area contributed by atoms with Crippen LogP contribution in [0.2, 0.25) is 0 Å². The zero-order valence-corrected chi connectivity index (χ0v) is 13.5. The third kappa shape index (κ3) is 3.13. The van der Waals surface area contributed by atoms with Crippen LogP contribution in [0.4, 0.5) is 11.4 Å². The lowest BCUT2D eigenvalue weighted by Gasteiger charge is -2.12. The Morgan fingerprint density at radius 3 is 2.25 bits per heavy atom. The number of sulfonamides is 1. The first kappa shape index (κ1) is 14.9. The molecule has 0 fully saturated rings. The SMILES string of the molecule is Cc1ccc(S(=O)(=O)Nc2ccc(C)cc2Br)c(N)c1. The smallest absolute Gasteiger partial charge is 0.263 e. The number of nitrogens with two attached hydrogens (primary N) is 1. The van der Waals surface area contributed by atoms with Crippen molar-refractivity contribution < 1.29 is 8.42 Å². The van der Waals surface area contributed by atoms with Crippen LogP contribution in [0, 0.1) is 13.8 Å². The van der Waals surface area contributed by atoms with Gasteiger partial charge in [-0.05, 0) is 65.2 Å². The number of nitrogen functional groups attached to an aromatic ring is 1. The number of halogens is 1. The van der Waals surface area contributed by atoms with Gasteiger partial charge in [-0.3, -0.25) is 4.72 Å². The molecule has 106 valence electrons. The molecule has 0 aliphatic rings. The molecule has 0 radical (unpaired) electrons. The van der Waals surface area contributed by atoms with E-state index in [1.54, 1.807) is 18.2 Å². The van der Waals surface area contributed by atoms with Crippen molar-refractivity contribution in [1.82, 2.24) is 0 Å². The molecule has 2 aromatic rings. The van der Waals surface area contributed by atoms with Gasteiger partial charge in [-0.25, -0.2) is 8.42 Å². The first-order valence-electron chi connectivity index (χ1n) is 5.95. The Morgan fingerprint density at radius 1 is 1.05 bits per heavy atom. The van der Waals surface area contributed by atoms with Crippen LogP contribution in [0.1, 0.15) is 11.1 Å². The largest absolute Gasteiger partial charge is 0.398 e. The lowest BCUT2D eigenvalue weighted by molar-refractivity contribution is 0.601. The van der Waals surface area contributed by atoms with Gasteiger partial charge >= 0.3 is 0 Å². The zero-order chi connectivity index (χ0) is 14.9. The fraction of sp³-hybridized carbons (Fsp3) is 0.143. The molecular formula is C14H15BrN2O2S. The average Bonchev–Trinajstić information content (AvgIpc) is 2.32. The molecule has 2 aromatic carbocycles. The molecule has 20 heavy (non-hydrogen) atoms. The van der Waals surface area contributed by atoms with Crippen molar-refractivity contribution in [3.63, 3.8) is 0 Å². The molecule has 0 aliphatic heterocycles. The summed E-state index contributed by atoms with van der Waals surface area (Å²) in [6, 6.07) is 10.3. The molecule has 2 rings (SSSR count). The average molecular weight is 355 g/mol. The minimum absolute atomic E-state index is 0.0792. The third-order valence-electron chi connectivity index (χ3n) is 2.82. The Morgan fingerprint density at radius 2 is 1.65 bits per heavy atom. The highest BCUT2D eigenvalue weighted by Gasteiger charge is 2.18. The lowest BCUT2D eigenvalue weighted by atomic mass is 10.2. The summed E-state index contributed by atoms with van der Waals surface area (Å²) in [4.78, 5) is 0.0792. The van der Waals surface area contributed by atoms with Crippen LogP contribution in [0.25, 0.3) is 0 Å². The molecule has 0 spiro atoms. The second-order valence-electron chi connectivity index (χ2n) is 4.63. The Hall–Kier alpha value is -1.53. The van der Waals surface area contributed by atoms with Crippen LogP contribution in [0.5, 0.6) is 0 Å². The van der Waals surface area contributed by atoms with Gasteiger partial charge in [0.25, 0.3) is 10.0 Å². The van der Waals surface area contributed by atoms with E-state index < -0.39 is 10.0 Å². The van der Waals surface area contributed by atoms with E-state index in [-0.39, 0.29) is 10.6 Å². The number of aryl methyl sites for hydroxylation is 2. The van der Waals surface area contributed by atoms with Gasteiger partial charge in [-0.15, -0.1) is 0 Å². The highest BCUT2D eigenvalue weighted by atomic mass is 79.9. The minimum atomic E-state index is -3.70. The molecular weight excluding hydrogens is 340 g/mol. The number of hydrogen-bond acceptors (Lipinski definition) is 3. The number of anilines is 2. The molecule has 4 nitrogen and oxygen atoms in total. The maximum absolute atomic E-state index is 12.4. The van der Waals surface area contributed by atoms with Crippen molar-refractivity contribution in [2.45, 2.75) is 18.7 Å². The number of nitrogens with one attached hydrogen (secondary N) is 1. The van der Waals surface area contributed by atoms with Crippen LogP contribution < -0.4 is 10.5 Å². The van der Waals surface area contributed by atoms with Gasteiger partial charge in [0.05, 0.1) is 11.4 Å². The van der Waals surface area contributed by atoms with Crippen molar-refractivity contribution in [2.75, 3.05) is 10.5 Å². The van der Waals surface area contributed by atoms with Crippen LogP contribution in [0.15, 0.2) is 45.8 Å². The van der Waals surface area contributed by atoms with Crippen molar-refractivity contribution in [1.29, 1.82) is 0 Å². The summed E-state index contributed by atoms with van der Waals surface area (Å²) < 4.78 is 27.9. The van der Waals surface area contributed by atoms with E-state index in [1.807, 2.05) is 26.0 Å². The summed E-state index contributed by atoms with van der Waals surface area (Å²) >= 11 is 3.34. The van der Waals surface area contributed by atoms with Crippen LogP contribution in [-0.2, 0) is 10.0 Å². The van der Waals surface area contributed by atoms with Crippen molar-refractivity contribution in [2.24, 2.45) is 0 Å². The molecule has 0 amide bonds. The number of hydrogen-bond donors (Lipinski definition) is 2. The summed E-state index contributed by atoms with van der Waals surface area (Å²) in [5, 5.41) is 0. The Kier molecular flexibility index (Phi) is 4.06. The zero-order valence-electron chi connectivity index (χ0n) is 11.1. The summed E-state index contributed by atoms with van der Waals surface area (Å²) in [5.74, 6) is 0. The predicted octanol–water partition coefficient (Wildman–Crippen LogP) is 3.45. The quantitative estimate of drug-likeness (QED) is 0.829. The topological polar surface area (TPSA) is 72.2 Å². The Balaban J connectivity index is 2.41. The summed E-state index contributed by atoms with van der Waals surface area (Å²) in [6.07, 6.45) is 0. The summed E-state index contributed by atoms with van der Waals surface area (Å²) in [6.45, 7) is 3.79. The van der Waals surface area contributed by atoms with Crippen LogP contribution in [-0.4, -0.2) is 8.42 Å². The number of rotatable bonds is 3. The summed E-state index contributed by atoms with van der Waals surface area (Å²) in [7, 11) is -3.70.